The Balaban J connectivity index is 2.09. The summed E-state index contributed by atoms with van der Waals surface area (Å²) in [5.74, 6) is 1.09. The number of hydrogen-bond donors (Lipinski definition) is 1. The number of sulfone groups is 1. The van der Waals surface area contributed by atoms with Gasteiger partial charge in [0, 0.05) is 4.47 Å². The maximum absolute atomic E-state index is 11.5. The van der Waals surface area contributed by atoms with Gasteiger partial charge in [0.25, 0.3) is 0 Å². The minimum Gasteiger partial charge on any atom is -0.330 e. The fourth-order valence-corrected chi connectivity index (χ4v) is 4.95. The summed E-state index contributed by atoms with van der Waals surface area (Å²) in [6.45, 7) is 0.543. The van der Waals surface area contributed by atoms with Crippen LogP contribution in [0.25, 0.3) is 0 Å². The predicted molar refractivity (Wildman–Crippen MR) is 77.2 cm³/mol. The molecule has 0 radical (unpaired) electrons. The topological polar surface area (TPSA) is 60.2 Å². The third-order valence-electron chi connectivity index (χ3n) is 3.68. The Morgan fingerprint density at radius 1 is 1.39 bits per heavy atom. The van der Waals surface area contributed by atoms with E-state index >= 15 is 0 Å². The van der Waals surface area contributed by atoms with Crippen molar-refractivity contribution in [2.75, 3.05) is 18.1 Å². The normalized spacial score (nSPS) is 24.0. The van der Waals surface area contributed by atoms with E-state index in [0.29, 0.717) is 18.1 Å². The van der Waals surface area contributed by atoms with Crippen molar-refractivity contribution in [2.45, 2.75) is 12.8 Å². The molecule has 1 aliphatic rings. The van der Waals surface area contributed by atoms with Gasteiger partial charge in [-0.2, -0.15) is 0 Å². The van der Waals surface area contributed by atoms with E-state index in [9.17, 15) is 8.42 Å². The summed E-state index contributed by atoms with van der Waals surface area (Å²) in [5.41, 5.74) is 7.03. The Kier molecular flexibility index (Phi) is 4.45. The molecule has 18 heavy (non-hydrogen) atoms. The van der Waals surface area contributed by atoms with Crippen molar-refractivity contribution in [1.29, 1.82) is 0 Å². The van der Waals surface area contributed by atoms with Crippen molar-refractivity contribution in [1.82, 2.24) is 0 Å². The molecule has 3 nitrogen and oxygen atoms in total. The fourth-order valence-electron chi connectivity index (χ4n) is 2.58. The van der Waals surface area contributed by atoms with Gasteiger partial charge in [0.15, 0.2) is 9.84 Å². The molecule has 1 fully saturated rings. The second-order valence-corrected chi connectivity index (χ2v) is 8.04. The van der Waals surface area contributed by atoms with Crippen LogP contribution in [0.15, 0.2) is 28.7 Å². The molecule has 100 valence electrons. The van der Waals surface area contributed by atoms with Crippen LogP contribution in [0.5, 0.6) is 0 Å². The van der Waals surface area contributed by atoms with Crippen molar-refractivity contribution >= 4 is 25.8 Å². The van der Waals surface area contributed by atoms with E-state index in [1.807, 2.05) is 18.2 Å². The van der Waals surface area contributed by atoms with E-state index in [1.54, 1.807) is 0 Å². The summed E-state index contributed by atoms with van der Waals surface area (Å²) in [4.78, 5) is 0. The summed E-state index contributed by atoms with van der Waals surface area (Å²) in [6, 6.07) is 8.05. The second kappa shape index (κ2) is 5.72. The lowest BCUT2D eigenvalue weighted by molar-refractivity contribution is 0.370. The van der Waals surface area contributed by atoms with Crippen LogP contribution in [0.3, 0.4) is 0 Å². The lowest BCUT2D eigenvalue weighted by Crippen LogP contribution is -2.26. The third-order valence-corrected chi connectivity index (χ3v) is 6.24. The van der Waals surface area contributed by atoms with Gasteiger partial charge in [-0.05, 0) is 42.9 Å². The zero-order valence-electron chi connectivity index (χ0n) is 10.2. The van der Waals surface area contributed by atoms with Crippen molar-refractivity contribution in [3.05, 3.63) is 34.3 Å². The van der Waals surface area contributed by atoms with E-state index in [4.69, 9.17) is 5.73 Å². The zero-order chi connectivity index (χ0) is 13.2. The first-order valence-corrected chi connectivity index (χ1v) is 8.77. The molecule has 2 rings (SSSR count). The minimum atomic E-state index is -2.82. The van der Waals surface area contributed by atoms with Gasteiger partial charge < -0.3 is 5.73 Å². The molecular formula is C13H18BrNO2S. The molecule has 1 saturated heterocycles. The van der Waals surface area contributed by atoms with E-state index in [0.717, 1.165) is 17.3 Å². The number of rotatable bonds is 4. The van der Waals surface area contributed by atoms with Crippen LogP contribution in [-0.2, 0) is 16.3 Å². The lowest BCUT2D eigenvalue weighted by atomic mass is 9.86. The average molecular weight is 332 g/mol. The first-order chi connectivity index (χ1) is 8.52. The summed E-state index contributed by atoms with van der Waals surface area (Å²) in [6.07, 6.45) is 1.60. The van der Waals surface area contributed by atoms with Gasteiger partial charge in [0.1, 0.15) is 0 Å². The molecule has 0 amide bonds. The molecule has 5 heteroatoms. The Morgan fingerprint density at radius 3 is 2.67 bits per heavy atom. The molecule has 1 aliphatic heterocycles. The van der Waals surface area contributed by atoms with E-state index in [1.165, 1.54) is 5.56 Å². The number of hydrogen-bond acceptors (Lipinski definition) is 3. The van der Waals surface area contributed by atoms with Crippen LogP contribution in [0.2, 0.25) is 0 Å². The van der Waals surface area contributed by atoms with Gasteiger partial charge in [-0.25, -0.2) is 8.42 Å². The van der Waals surface area contributed by atoms with Crippen LogP contribution in [0, 0.1) is 11.8 Å². The quantitative estimate of drug-likeness (QED) is 0.917. The summed E-state index contributed by atoms with van der Waals surface area (Å²) >= 11 is 3.53. The van der Waals surface area contributed by atoms with Crippen molar-refractivity contribution in [2.24, 2.45) is 17.6 Å². The van der Waals surface area contributed by atoms with Crippen LogP contribution in [0.1, 0.15) is 12.0 Å². The highest BCUT2D eigenvalue weighted by Crippen LogP contribution is 2.29. The van der Waals surface area contributed by atoms with E-state index in [2.05, 4.69) is 22.0 Å². The van der Waals surface area contributed by atoms with Crippen LogP contribution in [-0.4, -0.2) is 26.5 Å². The third kappa shape index (κ3) is 3.33. The largest absolute Gasteiger partial charge is 0.330 e. The molecule has 2 unspecified atom stereocenters. The number of benzene rings is 1. The highest BCUT2D eigenvalue weighted by Gasteiger charge is 2.33. The summed E-state index contributed by atoms with van der Waals surface area (Å²) < 4.78 is 24.1. The van der Waals surface area contributed by atoms with Gasteiger partial charge >= 0.3 is 0 Å². The predicted octanol–water partition coefficient (Wildman–Crippen LogP) is 2.00. The molecular weight excluding hydrogens is 314 g/mol. The molecule has 0 aliphatic carbocycles. The maximum atomic E-state index is 11.5. The molecule has 2 atom stereocenters. The van der Waals surface area contributed by atoms with Crippen molar-refractivity contribution in [3.8, 4) is 0 Å². The van der Waals surface area contributed by atoms with Gasteiger partial charge in [-0.1, -0.05) is 34.1 Å². The van der Waals surface area contributed by atoms with Gasteiger partial charge in [0.2, 0.25) is 0 Å². The number of halogens is 1. The van der Waals surface area contributed by atoms with Gasteiger partial charge in [-0.3, -0.25) is 0 Å². The smallest absolute Gasteiger partial charge is 0.150 e. The Labute approximate surface area is 117 Å². The van der Waals surface area contributed by atoms with E-state index in [-0.39, 0.29) is 11.8 Å². The molecule has 1 aromatic rings. The van der Waals surface area contributed by atoms with E-state index < -0.39 is 9.84 Å². The SMILES string of the molecule is NCC(Cc1ccccc1Br)C1CCS(=O)(=O)C1. The van der Waals surface area contributed by atoms with Gasteiger partial charge in [-0.15, -0.1) is 0 Å². The number of nitrogens with two attached hydrogens (primary N) is 1. The fraction of sp³-hybridized carbons (Fsp3) is 0.538. The van der Waals surface area contributed by atoms with Crippen LogP contribution < -0.4 is 5.73 Å². The molecule has 2 N–H and O–H groups in total. The molecule has 1 heterocycles. The molecule has 0 spiro atoms. The molecule has 0 aromatic heterocycles. The van der Waals surface area contributed by atoms with Crippen molar-refractivity contribution in [3.63, 3.8) is 0 Å². The Morgan fingerprint density at radius 2 is 2.11 bits per heavy atom. The first kappa shape index (κ1) is 14.0. The van der Waals surface area contributed by atoms with Crippen LogP contribution >= 0.6 is 15.9 Å². The highest BCUT2D eigenvalue weighted by molar-refractivity contribution is 9.10. The summed E-state index contributed by atoms with van der Waals surface area (Å²) in [7, 11) is -2.82. The van der Waals surface area contributed by atoms with Gasteiger partial charge in [0.05, 0.1) is 11.5 Å². The molecule has 1 aromatic carbocycles. The first-order valence-electron chi connectivity index (χ1n) is 6.16. The van der Waals surface area contributed by atoms with Crippen molar-refractivity contribution < 1.29 is 8.42 Å². The Bertz CT molecular complexity index is 515. The monoisotopic (exact) mass is 331 g/mol. The Hall–Kier alpha value is -0.390. The minimum absolute atomic E-state index is 0.215. The standard InChI is InChI=1S/C13H18BrNO2S/c14-13-4-2-1-3-10(13)7-12(8-15)11-5-6-18(16,17)9-11/h1-4,11-12H,5-9,15H2. The second-order valence-electron chi connectivity index (χ2n) is 4.95. The molecule has 0 bridgehead atoms. The molecule has 0 saturated carbocycles. The zero-order valence-corrected chi connectivity index (χ0v) is 12.6. The average Bonchev–Trinajstić information content (AvgIpc) is 2.68. The lowest BCUT2D eigenvalue weighted by Gasteiger charge is -2.21. The highest BCUT2D eigenvalue weighted by atomic mass is 79.9. The maximum Gasteiger partial charge on any atom is 0.150 e. The summed E-state index contributed by atoms with van der Waals surface area (Å²) in [5, 5.41) is 0. The van der Waals surface area contributed by atoms with Crippen LogP contribution in [0.4, 0.5) is 0 Å².